The van der Waals surface area contributed by atoms with Crippen molar-refractivity contribution in [3.8, 4) is 39.8 Å². The molecule has 3 aromatic carbocycles. The molecule has 2 aromatic heterocycles. The summed E-state index contributed by atoms with van der Waals surface area (Å²) in [6.07, 6.45) is -1.57. The van der Waals surface area contributed by atoms with E-state index in [1.165, 1.54) is 36.7 Å². The zero-order valence-corrected chi connectivity index (χ0v) is 27.9. The fourth-order valence-electron chi connectivity index (χ4n) is 4.89. The van der Waals surface area contributed by atoms with Crippen molar-refractivity contribution in [1.82, 2.24) is 19.7 Å². The number of nitrogens with zero attached hydrogens (tertiary/aromatic N) is 5. The molecular formula is C31H26Cl2F3N7O3S2. The van der Waals surface area contributed by atoms with Gasteiger partial charge in [-0.1, -0.05) is 18.2 Å². The molecule has 1 fully saturated rings. The van der Waals surface area contributed by atoms with E-state index in [0.717, 1.165) is 61.2 Å². The summed E-state index contributed by atoms with van der Waals surface area (Å²) >= 11 is 0.868. The molecular weight excluding hydrogens is 710 g/mol. The number of rotatable bonds is 8. The molecule has 0 atom stereocenters. The monoisotopic (exact) mass is 735 g/mol. The van der Waals surface area contributed by atoms with E-state index >= 15 is 0 Å². The van der Waals surface area contributed by atoms with E-state index in [0.29, 0.717) is 22.4 Å². The minimum Gasteiger partial charge on any atom is -0.455 e. The van der Waals surface area contributed by atoms with Crippen LogP contribution in [-0.2, 0) is 16.2 Å². The van der Waals surface area contributed by atoms with Gasteiger partial charge in [0.05, 0.1) is 16.0 Å². The molecule has 250 valence electrons. The molecule has 1 aliphatic heterocycles. The Morgan fingerprint density at radius 1 is 0.896 bits per heavy atom. The molecule has 48 heavy (non-hydrogen) atoms. The Morgan fingerprint density at radius 3 is 2.27 bits per heavy atom. The summed E-state index contributed by atoms with van der Waals surface area (Å²) in [6, 6.07) is 19.6. The number of nitriles is 1. The zero-order chi connectivity index (χ0) is 32.3. The molecule has 10 nitrogen and oxygen atoms in total. The minimum atomic E-state index is -4.46. The van der Waals surface area contributed by atoms with Crippen LogP contribution in [0.25, 0.3) is 22.3 Å². The molecule has 0 saturated carbocycles. The van der Waals surface area contributed by atoms with Crippen LogP contribution in [0.3, 0.4) is 0 Å². The standard InChI is InChI=1S/C31H24F3N7O3S2.2ClH/c32-31(33,34)24-4-1-20(2-5-24)21-3-7-28(26(16-21)22-9-10-37-29(17-22)41-13-11-36-12-14-41)44-27-8-6-25(15-23(27)18-35)46(42,43)40-30-38-19-39-45-30;;/h1-10,15-17,19,36H,11-14H2,(H,38,39,40);2*1H. The predicted octanol–water partition coefficient (Wildman–Crippen LogP) is 7.00. The van der Waals surface area contributed by atoms with Crippen molar-refractivity contribution in [1.29, 1.82) is 5.26 Å². The number of alkyl halides is 3. The number of halogens is 5. The molecule has 0 aliphatic carbocycles. The lowest BCUT2D eigenvalue weighted by Gasteiger charge is -2.28. The summed E-state index contributed by atoms with van der Waals surface area (Å²) in [5.74, 6) is 1.20. The van der Waals surface area contributed by atoms with Crippen molar-refractivity contribution in [2.75, 3.05) is 35.8 Å². The van der Waals surface area contributed by atoms with Gasteiger partial charge in [-0.25, -0.2) is 18.4 Å². The summed E-state index contributed by atoms with van der Waals surface area (Å²) in [4.78, 5) is 10.3. The Labute approximate surface area is 290 Å². The average molecular weight is 737 g/mol. The first-order valence-corrected chi connectivity index (χ1v) is 16.1. The second kappa shape index (κ2) is 15.2. The van der Waals surface area contributed by atoms with Crippen LogP contribution in [0.15, 0.2) is 90.2 Å². The largest absolute Gasteiger partial charge is 0.455 e. The maximum Gasteiger partial charge on any atom is 0.416 e. The number of ether oxygens (including phenoxy) is 1. The Morgan fingerprint density at radius 2 is 1.60 bits per heavy atom. The van der Waals surface area contributed by atoms with Crippen molar-refractivity contribution in [2.24, 2.45) is 0 Å². The summed E-state index contributed by atoms with van der Waals surface area (Å²) in [5, 5.41) is 13.3. The molecule has 17 heteroatoms. The lowest BCUT2D eigenvalue weighted by Crippen LogP contribution is -2.43. The van der Waals surface area contributed by atoms with Crippen LogP contribution in [0.1, 0.15) is 11.1 Å². The Balaban J connectivity index is 0.00000260. The topological polar surface area (TPSA) is 133 Å². The van der Waals surface area contributed by atoms with E-state index in [-0.39, 0.29) is 46.2 Å². The van der Waals surface area contributed by atoms with Crippen LogP contribution < -0.4 is 19.7 Å². The van der Waals surface area contributed by atoms with Crippen molar-refractivity contribution >= 4 is 57.3 Å². The minimum absolute atomic E-state index is 0. The fraction of sp³-hybridized carbons (Fsp3) is 0.161. The third-order valence-corrected chi connectivity index (χ3v) is 9.25. The average Bonchev–Trinajstić information content (AvgIpc) is 3.57. The maximum atomic E-state index is 13.2. The van der Waals surface area contributed by atoms with E-state index < -0.39 is 21.8 Å². The molecule has 1 saturated heterocycles. The van der Waals surface area contributed by atoms with Crippen LogP contribution in [0.4, 0.5) is 24.1 Å². The van der Waals surface area contributed by atoms with Crippen molar-refractivity contribution < 1.29 is 26.3 Å². The molecule has 0 unspecified atom stereocenters. The van der Waals surface area contributed by atoms with Gasteiger partial charge in [0.2, 0.25) is 5.13 Å². The maximum absolute atomic E-state index is 13.2. The van der Waals surface area contributed by atoms with Crippen LogP contribution in [0, 0.1) is 11.3 Å². The number of pyridine rings is 1. The zero-order valence-electron chi connectivity index (χ0n) is 24.6. The van der Waals surface area contributed by atoms with Gasteiger partial charge in [0, 0.05) is 49.5 Å². The number of hydrogen-bond donors (Lipinski definition) is 2. The lowest BCUT2D eigenvalue weighted by molar-refractivity contribution is -0.137. The molecule has 0 amide bonds. The predicted molar refractivity (Wildman–Crippen MR) is 182 cm³/mol. The van der Waals surface area contributed by atoms with E-state index in [9.17, 15) is 26.9 Å². The number of aromatic nitrogens is 3. The molecule has 2 N–H and O–H groups in total. The van der Waals surface area contributed by atoms with Crippen LogP contribution in [-0.4, -0.2) is 48.9 Å². The summed E-state index contributed by atoms with van der Waals surface area (Å²) in [5.41, 5.74) is 1.74. The van der Waals surface area contributed by atoms with Crippen molar-refractivity contribution in [2.45, 2.75) is 11.1 Å². The van der Waals surface area contributed by atoms with Gasteiger partial charge < -0.3 is 15.0 Å². The van der Waals surface area contributed by atoms with Gasteiger partial charge in [-0.05, 0) is 71.3 Å². The highest BCUT2D eigenvalue weighted by atomic mass is 35.5. The quantitative estimate of drug-likeness (QED) is 0.173. The van der Waals surface area contributed by atoms with Crippen molar-refractivity contribution in [3.63, 3.8) is 0 Å². The second-order valence-electron chi connectivity index (χ2n) is 10.1. The summed E-state index contributed by atoms with van der Waals surface area (Å²) in [7, 11) is -4.06. The van der Waals surface area contributed by atoms with Gasteiger partial charge in [-0.2, -0.15) is 22.8 Å². The van der Waals surface area contributed by atoms with Gasteiger partial charge in [0.15, 0.2) is 0 Å². The number of nitrogens with one attached hydrogen (secondary N) is 2. The highest BCUT2D eigenvalue weighted by Gasteiger charge is 2.30. The molecule has 6 rings (SSSR count). The highest BCUT2D eigenvalue weighted by Crippen LogP contribution is 2.39. The van der Waals surface area contributed by atoms with Crippen LogP contribution >= 0.6 is 36.3 Å². The summed E-state index contributed by atoms with van der Waals surface area (Å²) < 4.78 is 77.7. The highest BCUT2D eigenvalue weighted by molar-refractivity contribution is 7.93. The number of benzene rings is 3. The number of hydrogen-bond acceptors (Lipinski definition) is 10. The lowest BCUT2D eigenvalue weighted by atomic mass is 9.97. The number of anilines is 2. The molecule has 0 radical (unpaired) electrons. The van der Waals surface area contributed by atoms with E-state index in [1.807, 2.05) is 12.1 Å². The normalized spacial score (nSPS) is 13.1. The Kier molecular flexibility index (Phi) is 11.5. The first kappa shape index (κ1) is 36.4. The van der Waals surface area contributed by atoms with Crippen LogP contribution in [0.2, 0.25) is 0 Å². The smallest absolute Gasteiger partial charge is 0.416 e. The first-order valence-electron chi connectivity index (χ1n) is 13.9. The third kappa shape index (κ3) is 8.15. The van der Waals surface area contributed by atoms with E-state index in [1.54, 1.807) is 30.5 Å². The van der Waals surface area contributed by atoms with Crippen LogP contribution in [0.5, 0.6) is 11.5 Å². The van der Waals surface area contributed by atoms with Gasteiger partial charge in [0.1, 0.15) is 29.7 Å². The Bertz CT molecular complexity index is 2020. The molecule has 0 bridgehead atoms. The molecule has 1 aliphatic rings. The van der Waals surface area contributed by atoms with Gasteiger partial charge in [0.25, 0.3) is 10.0 Å². The number of sulfonamides is 1. The first-order chi connectivity index (χ1) is 22.1. The summed E-state index contributed by atoms with van der Waals surface area (Å²) in [6.45, 7) is 3.14. The number of piperazine rings is 1. The van der Waals surface area contributed by atoms with Gasteiger partial charge in [-0.15, -0.1) is 24.8 Å². The fourth-order valence-corrected chi connectivity index (χ4v) is 6.58. The van der Waals surface area contributed by atoms with Gasteiger partial charge in [-0.3, -0.25) is 4.72 Å². The van der Waals surface area contributed by atoms with E-state index in [2.05, 4.69) is 29.3 Å². The molecule has 3 heterocycles. The second-order valence-corrected chi connectivity index (χ2v) is 12.6. The van der Waals surface area contributed by atoms with Crippen molar-refractivity contribution in [3.05, 3.63) is 96.4 Å². The molecule has 5 aromatic rings. The van der Waals surface area contributed by atoms with Gasteiger partial charge >= 0.3 is 6.18 Å². The SMILES string of the molecule is Cl.Cl.N#Cc1cc(S(=O)(=O)Nc2ncns2)ccc1Oc1ccc(-c2ccc(C(F)(F)F)cc2)cc1-c1ccnc(N2CCNCC2)c1. The van der Waals surface area contributed by atoms with E-state index in [4.69, 9.17) is 4.74 Å². The Hall–Kier alpha value is -4.46. The third-order valence-electron chi connectivity index (χ3n) is 7.21. The molecule has 0 spiro atoms.